The molecular weight excluding hydrogens is 444 g/mol. The van der Waals surface area contributed by atoms with Crippen molar-refractivity contribution in [1.82, 2.24) is 19.2 Å². The summed E-state index contributed by atoms with van der Waals surface area (Å²) in [6, 6.07) is 10.8. The van der Waals surface area contributed by atoms with E-state index < -0.39 is 10.0 Å². The van der Waals surface area contributed by atoms with E-state index in [1.54, 1.807) is 35.4 Å². The molecule has 0 aliphatic carbocycles. The second-order valence-electron chi connectivity index (χ2n) is 7.00. The molecule has 3 aromatic rings. The van der Waals surface area contributed by atoms with E-state index in [2.05, 4.69) is 9.97 Å². The van der Waals surface area contributed by atoms with Gasteiger partial charge in [0.2, 0.25) is 15.9 Å². The van der Waals surface area contributed by atoms with Crippen molar-refractivity contribution in [1.29, 1.82) is 0 Å². The largest absolute Gasteiger partial charge is 0.345 e. The van der Waals surface area contributed by atoms with Gasteiger partial charge in [-0.05, 0) is 43.3 Å². The van der Waals surface area contributed by atoms with Crippen molar-refractivity contribution in [3.05, 3.63) is 53.8 Å². The number of benzene rings is 1. The fourth-order valence-corrected chi connectivity index (χ4v) is 6.11. The molecule has 1 atom stereocenters. The summed E-state index contributed by atoms with van der Waals surface area (Å²) in [5, 5.41) is 0.958. The van der Waals surface area contributed by atoms with Crippen LogP contribution in [0.3, 0.4) is 0 Å². The number of amides is 1. The van der Waals surface area contributed by atoms with Gasteiger partial charge in [0.05, 0.1) is 5.25 Å². The number of piperazine rings is 1. The van der Waals surface area contributed by atoms with Gasteiger partial charge in [0.15, 0.2) is 0 Å². The summed E-state index contributed by atoms with van der Waals surface area (Å²) in [6.07, 6.45) is 3.10. The molecule has 1 aliphatic rings. The molecule has 0 saturated carbocycles. The van der Waals surface area contributed by atoms with Crippen molar-refractivity contribution in [3.63, 3.8) is 0 Å². The van der Waals surface area contributed by atoms with E-state index in [1.165, 1.54) is 22.3 Å². The number of aromatic nitrogens is 2. The molecule has 1 fully saturated rings. The highest BCUT2D eigenvalue weighted by Gasteiger charge is 2.33. The average molecular weight is 465 g/mol. The first-order chi connectivity index (χ1) is 14.4. The van der Waals surface area contributed by atoms with Crippen LogP contribution in [-0.2, 0) is 14.8 Å². The van der Waals surface area contributed by atoms with E-state index >= 15 is 0 Å². The maximum absolute atomic E-state index is 13.1. The number of sulfonamides is 1. The quantitative estimate of drug-likeness (QED) is 0.586. The second kappa shape index (κ2) is 8.58. The number of fused-ring (bicyclic) bond motifs is 1. The number of carbonyl (C=O) groups excluding carboxylic acids is 1. The average Bonchev–Trinajstić information content (AvgIpc) is 3.20. The molecule has 7 nitrogen and oxygen atoms in total. The molecule has 30 heavy (non-hydrogen) atoms. The molecule has 1 unspecified atom stereocenters. The van der Waals surface area contributed by atoms with Gasteiger partial charge in [0, 0.05) is 53.9 Å². The third kappa shape index (κ3) is 4.20. The Kier molecular flexibility index (Phi) is 6.06. The van der Waals surface area contributed by atoms with E-state index in [1.807, 2.05) is 19.1 Å². The molecule has 158 valence electrons. The predicted molar refractivity (Wildman–Crippen MR) is 118 cm³/mol. The zero-order valence-electron chi connectivity index (χ0n) is 16.3. The smallest absolute Gasteiger partial charge is 0.245 e. The number of thioether (sulfide) groups is 1. The molecular formula is C20H21ClN4O3S2. The van der Waals surface area contributed by atoms with Crippen LogP contribution in [0.2, 0.25) is 5.02 Å². The van der Waals surface area contributed by atoms with Gasteiger partial charge in [-0.1, -0.05) is 11.6 Å². The number of nitrogens with one attached hydrogen (secondary N) is 1. The lowest BCUT2D eigenvalue weighted by Gasteiger charge is -2.35. The molecule has 4 rings (SSSR count). The van der Waals surface area contributed by atoms with E-state index in [4.69, 9.17) is 11.6 Å². The summed E-state index contributed by atoms with van der Waals surface area (Å²) < 4.78 is 27.6. The highest BCUT2D eigenvalue weighted by molar-refractivity contribution is 8.00. The van der Waals surface area contributed by atoms with Crippen molar-refractivity contribution in [3.8, 4) is 0 Å². The minimum atomic E-state index is -3.66. The zero-order valence-corrected chi connectivity index (χ0v) is 18.7. The molecule has 1 amide bonds. The summed E-state index contributed by atoms with van der Waals surface area (Å²) in [7, 11) is -3.66. The third-order valence-corrected chi connectivity index (χ3v) is 8.35. The van der Waals surface area contributed by atoms with Crippen molar-refractivity contribution in [2.24, 2.45) is 0 Å². The molecule has 0 spiro atoms. The molecule has 2 aromatic heterocycles. The fourth-order valence-electron chi connectivity index (χ4n) is 3.46. The van der Waals surface area contributed by atoms with Gasteiger partial charge in [-0.15, -0.1) is 11.8 Å². The van der Waals surface area contributed by atoms with Crippen molar-refractivity contribution < 1.29 is 13.2 Å². The van der Waals surface area contributed by atoms with E-state index in [-0.39, 0.29) is 29.1 Å². The van der Waals surface area contributed by atoms with Crippen molar-refractivity contribution in [2.45, 2.75) is 22.0 Å². The second-order valence-corrected chi connectivity index (χ2v) is 10.8. The molecule has 0 radical (unpaired) electrons. The predicted octanol–water partition coefficient (Wildman–Crippen LogP) is 3.23. The topological polar surface area (TPSA) is 86.4 Å². The van der Waals surface area contributed by atoms with Crippen LogP contribution in [0.1, 0.15) is 6.92 Å². The number of carbonyl (C=O) groups is 1. The standard InChI is InChI=1S/C20H21ClN4O3S2/c1-14(29-16-6-4-15(21)5-7-16)20(26)24-9-11-25(12-10-24)30(27,28)18-13-23-19-17(18)3-2-8-22-19/h2-8,13-14H,9-12H2,1H3,(H,22,23). The number of halogens is 1. The Labute approximate surface area is 184 Å². The number of hydrogen-bond donors (Lipinski definition) is 1. The first-order valence-corrected chi connectivity index (χ1v) is 12.2. The minimum absolute atomic E-state index is 0.00305. The Bertz CT molecular complexity index is 1160. The Morgan fingerprint density at radius 1 is 1.17 bits per heavy atom. The van der Waals surface area contributed by atoms with Crippen LogP contribution in [0.5, 0.6) is 0 Å². The number of rotatable bonds is 5. The summed E-state index contributed by atoms with van der Waals surface area (Å²) in [5.41, 5.74) is 0.540. The van der Waals surface area contributed by atoms with Crippen LogP contribution in [0, 0.1) is 0 Å². The van der Waals surface area contributed by atoms with Gasteiger partial charge in [-0.25, -0.2) is 13.4 Å². The minimum Gasteiger partial charge on any atom is -0.345 e. The van der Waals surface area contributed by atoms with Crippen LogP contribution < -0.4 is 0 Å². The normalized spacial score (nSPS) is 16.7. The summed E-state index contributed by atoms with van der Waals surface area (Å²) in [6.45, 7) is 3.12. The van der Waals surface area contributed by atoms with Crippen LogP contribution >= 0.6 is 23.4 Å². The molecule has 1 aromatic carbocycles. The lowest BCUT2D eigenvalue weighted by molar-refractivity contribution is -0.131. The van der Waals surface area contributed by atoms with E-state index in [0.29, 0.717) is 29.1 Å². The fraction of sp³-hybridized carbons (Fsp3) is 0.300. The number of nitrogens with zero attached hydrogens (tertiary/aromatic N) is 3. The molecule has 10 heteroatoms. The maximum Gasteiger partial charge on any atom is 0.245 e. The Morgan fingerprint density at radius 3 is 2.57 bits per heavy atom. The Morgan fingerprint density at radius 2 is 1.87 bits per heavy atom. The van der Waals surface area contributed by atoms with Crippen LogP contribution in [0.4, 0.5) is 0 Å². The first-order valence-electron chi connectivity index (χ1n) is 9.49. The Balaban J connectivity index is 1.40. The van der Waals surface area contributed by atoms with Gasteiger partial charge >= 0.3 is 0 Å². The number of H-pyrrole nitrogens is 1. The summed E-state index contributed by atoms with van der Waals surface area (Å²) in [4.78, 5) is 22.8. The first kappa shape index (κ1) is 21.2. The third-order valence-electron chi connectivity index (χ3n) is 5.06. The highest BCUT2D eigenvalue weighted by Crippen LogP contribution is 2.28. The summed E-state index contributed by atoms with van der Waals surface area (Å²) >= 11 is 7.38. The molecule has 1 N–H and O–H groups in total. The number of hydrogen-bond acceptors (Lipinski definition) is 5. The van der Waals surface area contributed by atoms with Gasteiger partial charge in [-0.2, -0.15) is 4.31 Å². The zero-order chi connectivity index (χ0) is 21.3. The van der Waals surface area contributed by atoms with Crippen LogP contribution in [-0.4, -0.2) is 64.9 Å². The van der Waals surface area contributed by atoms with Crippen LogP contribution in [0.15, 0.2) is 58.6 Å². The van der Waals surface area contributed by atoms with E-state index in [9.17, 15) is 13.2 Å². The van der Waals surface area contributed by atoms with Gasteiger partial charge in [-0.3, -0.25) is 4.79 Å². The van der Waals surface area contributed by atoms with Gasteiger partial charge in [0.1, 0.15) is 10.5 Å². The SMILES string of the molecule is CC(Sc1ccc(Cl)cc1)C(=O)N1CCN(S(=O)(=O)c2c[nH]c3ncccc23)CC1. The van der Waals surface area contributed by atoms with Gasteiger partial charge in [0.25, 0.3) is 0 Å². The Hall–Kier alpha value is -2.07. The number of pyridine rings is 1. The monoisotopic (exact) mass is 464 g/mol. The molecule has 1 saturated heterocycles. The summed E-state index contributed by atoms with van der Waals surface area (Å²) in [5.74, 6) is 0.00305. The van der Waals surface area contributed by atoms with Crippen molar-refractivity contribution >= 4 is 50.3 Å². The lowest BCUT2D eigenvalue weighted by Crippen LogP contribution is -2.52. The van der Waals surface area contributed by atoms with E-state index in [0.717, 1.165) is 4.90 Å². The van der Waals surface area contributed by atoms with Gasteiger partial charge < -0.3 is 9.88 Å². The lowest BCUT2D eigenvalue weighted by atomic mass is 10.3. The number of aromatic amines is 1. The molecule has 1 aliphatic heterocycles. The van der Waals surface area contributed by atoms with Crippen LogP contribution in [0.25, 0.3) is 11.0 Å². The molecule has 0 bridgehead atoms. The highest BCUT2D eigenvalue weighted by atomic mass is 35.5. The molecule has 3 heterocycles. The van der Waals surface area contributed by atoms with Crippen molar-refractivity contribution in [2.75, 3.05) is 26.2 Å². The maximum atomic E-state index is 13.1.